The molecule has 2 rings (SSSR count). The van der Waals surface area contributed by atoms with Crippen molar-refractivity contribution in [2.24, 2.45) is 11.8 Å². The van der Waals surface area contributed by atoms with Crippen LogP contribution in [0.15, 0.2) is 0 Å². The van der Waals surface area contributed by atoms with Gasteiger partial charge in [0, 0.05) is 17.8 Å². The van der Waals surface area contributed by atoms with Gasteiger partial charge in [-0.2, -0.15) is 11.8 Å². The van der Waals surface area contributed by atoms with Crippen LogP contribution in [0, 0.1) is 11.8 Å². The fourth-order valence-electron chi connectivity index (χ4n) is 3.47. The molecule has 2 aliphatic rings. The second-order valence-electron chi connectivity index (χ2n) is 5.77. The number of rotatable bonds is 4. The molecule has 0 aromatic rings. The Balaban J connectivity index is 1.72. The van der Waals surface area contributed by atoms with Crippen LogP contribution < -0.4 is 5.32 Å². The lowest BCUT2D eigenvalue weighted by Crippen LogP contribution is -2.40. The molecule has 2 fully saturated rings. The predicted molar refractivity (Wildman–Crippen MR) is 74.1 cm³/mol. The van der Waals surface area contributed by atoms with E-state index in [1.165, 1.54) is 51.5 Å². The van der Waals surface area contributed by atoms with E-state index >= 15 is 0 Å². The highest BCUT2D eigenvalue weighted by Crippen LogP contribution is 2.40. The van der Waals surface area contributed by atoms with Crippen LogP contribution in [-0.4, -0.2) is 24.1 Å². The molecule has 0 aromatic carbocycles. The van der Waals surface area contributed by atoms with Gasteiger partial charge in [0.2, 0.25) is 0 Å². The zero-order valence-corrected chi connectivity index (χ0v) is 11.7. The molecule has 2 heteroatoms. The van der Waals surface area contributed by atoms with Gasteiger partial charge in [-0.1, -0.05) is 32.6 Å². The summed E-state index contributed by atoms with van der Waals surface area (Å²) in [6.07, 6.45) is 12.6. The van der Waals surface area contributed by atoms with E-state index in [1.807, 2.05) is 11.8 Å². The quantitative estimate of drug-likeness (QED) is 0.805. The summed E-state index contributed by atoms with van der Waals surface area (Å²) in [4.78, 5) is 0. The normalized spacial score (nSPS) is 36.8. The lowest BCUT2D eigenvalue weighted by molar-refractivity contribution is 0.144. The molecule has 16 heavy (non-hydrogen) atoms. The molecule has 2 saturated carbocycles. The van der Waals surface area contributed by atoms with E-state index in [1.54, 1.807) is 0 Å². The minimum Gasteiger partial charge on any atom is -0.313 e. The number of hydrogen-bond acceptors (Lipinski definition) is 2. The number of hydrogen-bond donors (Lipinski definition) is 1. The molecular weight excluding hydrogens is 214 g/mol. The van der Waals surface area contributed by atoms with E-state index in [0.717, 1.165) is 23.1 Å². The molecule has 0 aromatic heterocycles. The number of thioether (sulfide) groups is 1. The van der Waals surface area contributed by atoms with Crippen LogP contribution in [0.5, 0.6) is 0 Å². The molecule has 1 N–H and O–H groups in total. The molecule has 4 unspecified atom stereocenters. The first-order valence-corrected chi connectivity index (χ1v) is 8.34. The van der Waals surface area contributed by atoms with Crippen molar-refractivity contribution in [2.45, 2.75) is 63.2 Å². The van der Waals surface area contributed by atoms with Crippen molar-refractivity contribution < 1.29 is 0 Å². The van der Waals surface area contributed by atoms with Gasteiger partial charge >= 0.3 is 0 Å². The van der Waals surface area contributed by atoms with Gasteiger partial charge in [-0.3, -0.25) is 0 Å². The summed E-state index contributed by atoms with van der Waals surface area (Å²) in [6.45, 7) is 3.52. The lowest BCUT2D eigenvalue weighted by Gasteiger charge is -2.39. The highest BCUT2D eigenvalue weighted by Gasteiger charge is 2.31. The van der Waals surface area contributed by atoms with Gasteiger partial charge in [0.25, 0.3) is 0 Å². The van der Waals surface area contributed by atoms with Gasteiger partial charge in [-0.05, 0) is 37.4 Å². The predicted octanol–water partition coefficient (Wildman–Crippen LogP) is 3.69. The summed E-state index contributed by atoms with van der Waals surface area (Å²) in [5.41, 5.74) is 0. The Morgan fingerprint density at radius 1 is 1.12 bits per heavy atom. The fraction of sp³-hybridized carbons (Fsp3) is 1.00. The van der Waals surface area contributed by atoms with E-state index in [9.17, 15) is 0 Å². The Labute approximate surface area is 105 Å². The number of fused-ring (bicyclic) bond motifs is 1. The first-order valence-electron chi connectivity index (χ1n) is 7.05. The smallest absolute Gasteiger partial charge is 0.0141 e. The SMILES string of the molecule is CSC(C)CNC1CCC2CCCCC2C1. The first kappa shape index (κ1) is 12.8. The maximum Gasteiger partial charge on any atom is 0.0141 e. The van der Waals surface area contributed by atoms with E-state index in [-0.39, 0.29) is 0 Å². The maximum atomic E-state index is 3.78. The summed E-state index contributed by atoms with van der Waals surface area (Å²) in [5, 5.41) is 4.55. The summed E-state index contributed by atoms with van der Waals surface area (Å²) in [6, 6.07) is 0.828. The average molecular weight is 241 g/mol. The van der Waals surface area contributed by atoms with E-state index in [0.29, 0.717) is 0 Å². The van der Waals surface area contributed by atoms with Crippen LogP contribution in [0.2, 0.25) is 0 Å². The third kappa shape index (κ3) is 3.40. The largest absolute Gasteiger partial charge is 0.313 e. The van der Waals surface area contributed by atoms with Crippen molar-refractivity contribution in [3.63, 3.8) is 0 Å². The highest BCUT2D eigenvalue weighted by molar-refractivity contribution is 7.99. The van der Waals surface area contributed by atoms with Crippen LogP contribution in [0.1, 0.15) is 51.9 Å². The Bertz CT molecular complexity index is 207. The molecule has 0 amide bonds. The van der Waals surface area contributed by atoms with E-state index < -0.39 is 0 Å². The van der Waals surface area contributed by atoms with Crippen molar-refractivity contribution in [1.82, 2.24) is 5.32 Å². The Kier molecular flexibility index (Phi) is 5.02. The third-order valence-electron chi connectivity index (χ3n) is 4.64. The molecule has 94 valence electrons. The fourth-order valence-corrected chi connectivity index (χ4v) is 3.74. The van der Waals surface area contributed by atoms with Crippen LogP contribution in [0.3, 0.4) is 0 Å². The van der Waals surface area contributed by atoms with Crippen LogP contribution in [0.25, 0.3) is 0 Å². The Morgan fingerprint density at radius 2 is 1.88 bits per heavy atom. The number of nitrogens with one attached hydrogen (secondary N) is 1. The molecule has 0 heterocycles. The van der Waals surface area contributed by atoms with Crippen molar-refractivity contribution in [3.05, 3.63) is 0 Å². The van der Waals surface area contributed by atoms with Crippen molar-refractivity contribution in [1.29, 1.82) is 0 Å². The standard InChI is InChI=1S/C14H27NS/c1-11(16-2)10-15-14-8-7-12-5-3-4-6-13(12)9-14/h11-15H,3-10H2,1-2H3. The monoisotopic (exact) mass is 241 g/mol. The highest BCUT2D eigenvalue weighted by atomic mass is 32.2. The molecule has 1 nitrogen and oxygen atoms in total. The Hall–Kier alpha value is 0.310. The summed E-state index contributed by atoms with van der Waals surface area (Å²) >= 11 is 1.97. The summed E-state index contributed by atoms with van der Waals surface area (Å²) in [5.74, 6) is 2.15. The second-order valence-corrected chi connectivity index (χ2v) is 7.05. The molecule has 0 bridgehead atoms. The maximum absolute atomic E-state index is 3.78. The minimum atomic E-state index is 0.768. The molecular formula is C14H27NS. The van der Waals surface area contributed by atoms with Gasteiger partial charge in [0.05, 0.1) is 0 Å². The zero-order valence-electron chi connectivity index (χ0n) is 10.9. The van der Waals surface area contributed by atoms with Gasteiger partial charge in [-0.15, -0.1) is 0 Å². The van der Waals surface area contributed by atoms with Crippen LogP contribution >= 0.6 is 11.8 Å². The topological polar surface area (TPSA) is 12.0 Å². The van der Waals surface area contributed by atoms with Crippen molar-refractivity contribution >= 4 is 11.8 Å². The molecule has 0 spiro atoms. The molecule has 4 atom stereocenters. The summed E-state index contributed by atoms with van der Waals surface area (Å²) in [7, 11) is 0. The molecule has 2 aliphatic carbocycles. The molecule has 0 radical (unpaired) electrons. The van der Waals surface area contributed by atoms with Crippen molar-refractivity contribution in [3.8, 4) is 0 Å². The zero-order chi connectivity index (χ0) is 11.4. The van der Waals surface area contributed by atoms with Gasteiger partial charge in [0.1, 0.15) is 0 Å². The van der Waals surface area contributed by atoms with E-state index in [2.05, 4.69) is 18.5 Å². The first-order chi connectivity index (χ1) is 7.79. The Morgan fingerprint density at radius 3 is 2.62 bits per heavy atom. The van der Waals surface area contributed by atoms with Gasteiger partial charge < -0.3 is 5.32 Å². The molecule has 0 aliphatic heterocycles. The average Bonchev–Trinajstić information content (AvgIpc) is 2.35. The molecule has 0 saturated heterocycles. The van der Waals surface area contributed by atoms with Crippen molar-refractivity contribution in [2.75, 3.05) is 12.8 Å². The van der Waals surface area contributed by atoms with E-state index in [4.69, 9.17) is 0 Å². The second kappa shape index (κ2) is 6.30. The van der Waals surface area contributed by atoms with Gasteiger partial charge in [0.15, 0.2) is 0 Å². The minimum absolute atomic E-state index is 0.768. The summed E-state index contributed by atoms with van der Waals surface area (Å²) < 4.78 is 0. The third-order valence-corrected chi connectivity index (χ3v) is 5.61. The van der Waals surface area contributed by atoms with Gasteiger partial charge in [-0.25, -0.2) is 0 Å². The lowest BCUT2D eigenvalue weighted by atomic mass is 9.69. The van der Waals surface area contributed by atoms with Crippen LogP contribution in [0.4, 0.5) is 0 Å². The van der Waals surface area contributed by atoms with Crippen LogP contribution in [-0.2, 0) is 0 Å².